The number of nitrogens with zero attached hydrogens (tertiary/aromatic N) is 2. The van der Waals surface area contributed by atoms with E-state index in [1.807, 2.05) is 0 Å². The predicted molar refractivity (Wildman–Crippen MR) is 50.7 cm³/mol. The zero-order valence-corrected chi connectivity index (χ0v) is 8.11. The summed E-state index contributed by atoms with van der Waals surface area (Å²) in [6, 6.07) is 1.36. The number of hydrogen-bond acceptors (Lipinski definition) is 3. The highest BCUT2D eigenvalue weighted by Crippen LogP contribution is 2.16. The van der Waals surface area contributed by atoms with E-state index < -0.39 is 0 Å². The van der Waals surface area contributed by atoms with Crippen LogP contribution in [0.1, 0.15) is 0 Å². The van der Waals surface area contributed by atoms with Gasteiger partial charge in [-0.25, -0.2) is 4.39 Å². The maximum atomic E-state index is 12.7. The van der Waals surface area contributed by atoms with Crippen molar-refractivity contribution in [2.24, 2.45) is 5.92 Å². The second kappa shape index (κ2) is 3.92. The van der Waals surface area contributed by atoms with Crippen LogP contribution in [0.2, 0.25) is 0 Å². The number of halogens is 1. The molecule has 0 aliphatic carbocycles. The molecule has 1 aromatic rings. The summed E-state index contributed by atoms with van der Waals surface area (Å²) in [5, 5.41) is 0. The van der Waals surface area contributed by atoms with Gasteiger partial charge in [-0.3, -0.25) is 4.98 Å². The normalized spacial score (nSPS) is 17.9. The van der Waals surface area contributed by atoms with Gasteiger partial charge >= 0.3 is 0 Å². The second-order valence-corrected chi connectivity index (χ2v) is 3.74. The first kappa shape index (κ1) is 9.40. The molecule has 1 fully saturated rings. The van der Waals surface area contributed by atoms with Gasteiger partial charge in [0.1, 0.15) is 11.6 Å². The molecular weight excluding hydrogens is 183 g/mol. The lowest BCUT2D eigenvalue weighted by Gasteiger charge is -2.35. The highest BCUT2D eigenvalue weighted by Gasteiger charge is 2.23. The van der Waals surface area contributed by atoms with Crippen LogP contribution >= 0.6 is 0 Å². The minimum Gasteiger partial charge on any atom is -0.491 e. The van der Waals surface area contributed by atoms with Crippen molar-refractivity contribution in [3.05, 3.63) is 24.3 Å². The number of pyridine rings is 1. The summed E-state index contributed by atoms with van der Waals surface area (Å²) in [6.07, 6.45) is 2.70. The van der Waals surface area contributed by atoms with Crippen molar-refractivity contribution in [2.75, 3.05) is 26.7 Å². The fourth-order valence-electron chi connectivity index (χ4n) is 1.62. The van der Waals surface area contributed by atoms with Gasteiger partial charge in [0, 0.05) is 25.1 Å². The summed E-state index contributed by atoms with van der Waals surface area (Å²) in [4.78, 5) is 5.93. The Hall–Kier alpha value is -1.16. The van der Waals surface area contributed by atoms with E-state index in [0.717, 1.165) is 13.1 Å². The SMILES string of the molecule is CN1CC(COc2cncc(F)c2)C1. The number of ether oxygens (including phenoxy) is 1. The molecule has 1 aliphatic heterocycles. The third-order valence-electron chi connectivity index (χ3n) is 2.31. The van der Waals surface area contributed by atoms with E-state index in [9.17, 15) is 4.39 Å². The Morgan fingerprint density at radius 1 is 1.57 bits per heavy atom. The fraction of sp³-hybridized carbons (Fsp3) is 0.500. The van der Waals surface area contributed by atoms with Crippen molar-refractivity contribution in [3.8, 4) is 5.75 Å². The van der Waals surface area contributed by atoms with Gasteiger partial charge in [-0.05, 0) is 7.05 Å². The Balaban J connectivity index is 1.80. The predicted octanol–water partition coefficient (Wildman–Crippen LogP) is 1.16. The molecule has 1 aliphatic rings. The van der Waals surface area contributed by atoms with Crippen molar-refractivity contribution in [3.63, 3.8) is 0 Å². The molecular formula is C10H13FN2O. The lowest BCUT2D eigenvalue weighted by Crippen LogP contribution is -2.46. The smallest absolute Gasteiger partial charge is 0.145 e. The molecule has 0 N–H and O–H groups in total. The van der Waals surface area contributed by atoms with E-state index in [1.54, 1.807) is 0 Å². The van der Waals surface area contributed by atoms with Crippen molar-refractivity contribution in [1.82, 2.24) is 9.88 Å². The van der Waals surface area contributed by atoms with Crippen molar-refractivity contribution < 1.29 is 9.13 Å². The minimum absolute atomic E-state index is 0.353. The van der Waals surface area contributed by atoms with E-state index >= 15 is 0 Å². The van der Waals surface area contributed by atoms with Crippen LogP contribution in [0, 0.1) is 11.7 Å². The lowest BCUT2D eigenvalue weighted by atomic mass is 10.0. The lowest BCUT2D eigenvalue weighted by molar-refractivity contribution is 0.0855. The van der Waals surface area contributed by atoms with Gasteiger partial charge in [0.05, 0.1) is 19.0 Å². The highest BCUT2D eigenvalue weighted by atomic mass is 19.1. The molecule has 0 aromatic carbocycles. The molecule has 3 nitrogen and oxygen atoms in total. The summed E-state index contributed by atoms with van der Waals surface area (Å²) in [5.41, 5.74) is 0. The number of likely N-dealkylation sites (tertiary alicyclic amines) is 1. The third kappa shape index (κ3) is 2.20. The Bertz CT molecular complexity index is 313. The van der Waals surface area contributed by atoms with E-state index in [-0.39, 0.29) is 5.82 Å². The van der Waals surface area contributed by atoms with Crippen LogP contribution in [0.3, 0.4) is 0 Å². The van der Waals surface area contributed by atoms with Crippen LogP contribution in [-0.4, -0.2) is 36.6 Å². The van der Waals surface area contributed by atoms with Crippen LogP contribution in [0.5, 0.6) is 5.75 Å². The Morgan fingerprint density at radius 3 is 3.00 bits per heavy atom. The van der Waals surface area contributed by atoms with Crippen molar-refractivity contribution >= 4 is 0 Å². The summed E-state index contributed by atoms with van der Waals surface area (Å²) in [5.74, 6) is 0.732. The number of hydrogen-bond donors (Lipinski definition) is 0. The Kier molecular flexibility index (Phi) is 2.63. The van der Waals surface area contributed by atoms with Crippen LogP contribution in [0.25, 0.3) is 0 Å². The molecule has 0 saturated carbocycles. The average Bonchev–Trinajstić information content (AvgIpc) is 2.11. The summed E-state index contributed by atoms with van der Waals surface area (Å²) >= 11 is 0. The summed E-state index contributed by atoms with van der Waals surface area (Å²) < 4.78 is 18.1. The molecule has 1 aromatic heterocycles. The first-order chi connectivity index (χ1) is 6.74. The van der Waals surface area contributed by atoms with E-state index in [2.05, 4.69) is 16.9 Å². The zero-order chi connectivity index (χ0) is 9.97. The van der Waals surface area contributed by atoms with Gasteiger partial charge in [-0.2, -0.15) is 0 Å². The van der Waals surface area contributed by atoms with Gasteiger partial charge in [-0.1, -0.05) is 0 Å². The molecule has 14 heavy (non-hydrogen) atoms. The average molecular weight is 196 g/mol. The zero-order valence-electron chi connectivity index (χ0n) is 8.11. The topological polar surface area (TPSA) is 25.4 Å². The first-order valence-corrected chi connectivity index (χ1v) is 4.66. The van der Waals surface area contributed by atoms with Gasteiger partial charge in [0.25, 0.3) is 0 Å². The molecule has 4 heteroatoms. The highest BCUT2D eigenvalue weighted by molar-refractivity contribution is 5.16. The Labute approximate surface area is 82.5 Å². The third-order valence-corrected chi connectivity index (χ3v) is 2.31. The first-order valence-electron chi connectivity index (χ1n) is 4.66. The maximum absolute atomic E-state index is 12.7. The molecule has 2 heterocycles. The fourth-order valence-corrected chi connectivity index (χ4v) is 1.62. The molecule has 76 valence electrons. The summed E-state index contributed by atoms with van der Waals surface area (Å²) in [7, 11) is 2.07. The van der Waals surface area contributed by atoms with Gasteiger partial charge in [0.15, 0.2) is 0 Å². The van der Waals surface area contributed by atoms with Crippen LogP contribution in [-0.2, 0) is 0 Å². The van der Waals surface area contributed by atoms with E-state index in [1.165, 1.54) is 18.5 Å². The number of rotatable bonds is 3. The summed E-state index contributed by atoms with van der Waals surface area (Å²) in [6.45, 7) is 2.76. The van der Waals surface area contributed by atoms with Gasteiger partial charge < -0.3 is 9.64 Å². The van der Waals surface area contributed by atoms with Crippen molar-refractivity contribution in [1.29, 1.82) is 0 Å². The van der Waals surface area contributed by atoms with Crippen molar-refractivity contribution in [2.45, 2.75) is 0 Å². The standard InChI is InChI=1S/C10H13FN2O/c1-13-5-8(6-13)7-14-10-2-9(11)3-12-4-10/h2-4,8H,5-7H2,1H3. The molecule has 0 bridgehead atoms. The quantitative estimate of drug-likeness (QED) is 0.725. The Morgan fingerprint density at radius 2 is 2.36 bits per heavy atom. The van der Waals surface area contributed by atoms with Crippen LogP contribution < -0.4 is 4.74 Å². The molecule has 0 amide bonds. The van der Waals surface area contributed by atoms with Gasteiger partial charge in [-0.15, -0.1) is 0 Å². The largest absolute Gasteiger partial charge is 0.491 e. The van der Waals surface area contributed by atoms with Gasteiger partial charge in [0.2, 0.25) is 0 Å². The monoisotopic (exact) mass is 196 g/mol. The maximum Gasteiger partial charge on any atom is 0.145 e. The van der Waals surface area contributed by atoms with E-state index in [4.69, 9.17) is 4.74 Å². The van der Waals surface area contributed by atoms with Crippen LogP contribution in [0.15, 0.2) is 18.5 Å². The molecule has 2 rings (SSSR count). The molecule has 1 saturated heterocycles. The molecule has 0 spiro atoms. The van der Waals surface area contributed by atoms with E-state index in [0.29, 0.717) is 18.3 Å². The molecule has 0 unspecified atom stereocenters. The molecule has 0 radical (unpaired) electrons. The number of aromatic nitrogens is 1. The van der Waals surface area contributed by atoms with Crippen LogP contribution in [0.4, 0.5) is 4.39 Å². The molecule has 0 atom stereocenters. The minimum atomic E-state index is -0.353. The second-order valence-electron chi connectivity index (χ2n) is 3.74.